The average Bonchev–Trinajstić information content (AvgIpc) is 3.88. The molecule has 1 N–H and O–H groups in total. The van der Waals surface area contributed by atoms with Crippen LogP contribution in [0.4, 0.5) is 0 Å². The lowest BCUT2D eigenvalue weighted by atomic mass is 9.98. The van der Waals surface area contributed by atoms with Crippen molar-refractivity contribution in [2.75, 3.05) is 0 Å². The third kappa shape index (κ3) is 6.62. The maximum Gasteiger partial charge on any atom is 0.255 e. The number of aryl methyl sites for hydroxylation is 3. The van der Waals surface area contributed by atoms with Crippen LogP contribution in [0.2, 0.25) is 0 Å². The number of hydrogen-bond donors (Lipinski definition) is 1. The van der Waals surface area contributed by atoms with Gasteiger partial charge >= 0.3 is 0 Å². The van der Waals surface area contributed by atoms with E-state index in [0.29, 0.717) is 31.7 Å². The van der Waals surface area contributed by atoms with Gasteiger partial charge in [-0.15, -0.1) is 21.5 Å². The molecule has 1 fully saturated rings. The first-order valence-corrected chi connectivity index (χ1v) is 18.2. The summed E-state index contributed by atoms with van der Waals surface area (Å²) in [5.41, 5.74) is 7.22. The molecule has 11 nitrogen and oxygen atoms in total. The molecule has 1 atom stereocenters. The highest BCUT2D eigenvalue weighted by Gasteiger charge is 2.39. The Morgan fingerprint density at radius 2 is 1.86 bits per heavy atom. The average molecular weight is 700 g/mol. The maximum atomic E-state index is 13.2. The Balaban J connectivity index is 0.904. The molecule has 6 heterocycles. The van der Waals surface area contributed by atoms with Crippen LogP contribution >= 0.6 is 11.3 Å². The van der Waals surface area contributed by atoms with Crippen molar-refractivity contribution in [3.05, 3.63) is 116 Å². The zero-order chi connectivity index (χ0) is 34.9. The van der Waals surface area contributed by atoms with Gasteiger partial charge in [-0.3, -0.25) is 28.9 Å². The zero-order valence-electron chi connectivity index (χ0n) is 28.4. The molecule has 8 rings (SSSR count). The Bertz CT molecular complexity index is 2210. The van der Waals surface area contributed by atoms with Gasteiger partial charge in [0.25, 0.3) is 5.91 Å². The highest BCUT2D eigenvalue weighted by atomic mass is 32.1. The predicted molar refractivity (Wildman–Crippen MR) is 190 cm³/mol. The topological polar surface area (TPSA) is 124 Å². The van der Waals surface area contributed by atoms with Crippen LogP contribution < -0.4 is 5.32 Å². The number of aromatic nitrogens is 5. The van der Waals surface area contributed by atoms with Gasteiger partial charge in [0.1, 0.15) is 23.5 Å². The maximum absolute atomic E-state index is 13.2. The van der Waals surface area contributed by atoms with Crippen molar-refractivity contribution in [2.24, 2.45) is 0 Å². The van der Waals surface area contributed by atoms with E-state index in [9.17, 15) is 14.4 Å². The smallest absolute Gasteiger partial charge is 0.255 e. The predicted octanol–water partition coefficient (Wildman–Crippen LogP) is 5.03. The van der Waals surface area contributed by atoms with Crippen molar-refractivity contribution in [3.63, 3.8) is 0 Å². The molecule has 5 aromatic rings. The Labute approximate surface area is 299 Å². The highest BCUT2D eigenvalue weighted by Crippen LogP contribution is 2.37. The molecule has 258 valence electrons. The minimum Gasteiger partial charge on any atom is -0.369 e. The minimum atomic E-state index is -0.599. The number of carbonyl (C=O) groups is 3. The SMILES string of the molecule is Cc1nnc2n1-c1sc(C#Cc3cnn(CCCCCc4cccc5c4CN(C4CCC(=O)NC4=O)C5=O)c3)c(Cc3ccccc3)c1COC2. The molecule has 1 unspecified atom stereocenters. The number of piperidine rings is 1. The fraction of sp³-hybridized carbons (Fsp3) is 0.333. The summed E-state index contributed by atoms with van der Waals surface area (Å²) < 4.78 is 10.1. The monoisotopic (exact) mass is 699 g/mol. The van der Waals surface area contributed by atoms with E-state index < -0.39 is 6.04 Å². The quantitative estimate of drug-likeness (QED) is 0.130. The van der Waals surface area contributed by atoms with Crippen LogP contribution in [0.15, 0.2) is 60.9 Å². The number of ether oxygens (including phenoxy) is 1. The van der Waals surface area contributed by atoms with E-state index in [1.54, 1.807) is 16.2 Å². The van der Waals surface area contributed by atoms with E-state index in [1.807, 2.05) is 42.2 Å². The number of carbonyl (C=O) groups excluding carboxylic acids is 3. The zero-order valence-corrected chi connectivity index (χ0v) is 29.2. The summed E-state index contributed by atoms with van der Waals surface area (Å²) in [7, 11) is 0. The van der Waals surface area contributed by atoms with Crippen LogP contribution in [0.1, 0.15) is 92.4 Å². The van der Waals surface area contributed by atoms with E-state index in [0.717, 1.165) is 82.4 Å². The summed E-state index contributed by atoms with van der Waals surface area (Å²) in [5.74, 6) is 7.69. The fourth-order valence-electron chi connectivity index (χ4n) is 7.24. The number of unbranched alkanes of at least 4 members (excludes halogenated alkanes) is 2. The summed E-state index contributed by atoms with van der Waals surface area (Å²) in [4.78, 5) is 39.9. The molecule has 51 heavy (non-hydrogen) atoms. The summed E-state index contributed by atoms with van der Waals surface area (Å²) in [6.45, 7) is 4.09. The molecular weight excluding hydrogens is 663 g/mol. The van der Waals surface area contributed by atoms with Crippen LogP contribution in [0.25, 0.3) is 5.00 Å². The number of thiophene rings is 1. The molecule has 1 saturated heterocycles. The molecule has 3 aliphatic heterocycles. The number of nitrogens with one attached hydrogen (secondary N) is 1. The van der Waals surface area contributed by atoms with Crippen LogP contribution in [0.5, 0.6) is 0 Å². The molecule has 0 bridgehead atoms. The number of fused-ring (bicyclic) bond motifs is 4. The normalized spacial score (nSPS) is 16.6. The molecule has 0 aliphatic carbocycles. The molecular formula is C39H37N7O4S. The first-order chi connectivity index (χ1) is 24.9. The lowest BCUT2D eigenvalue weighted by Crippen LogP contribution is -2.52. The Hall–Kier alpha value is -5.38. The van der Waals surface area contributed by atoms with Gasteiger partial charge in [-0.2, -0.15) is 5.10 Å². The van der Waals surface area contributed by atoms with Crippen LogP contribution in [0.3, 0.4) is 0 Å². The highest BCUT2D eigenvalue weighted by molar-refractivity contribution is 7.15. The van der Waals surface area contributed by atoms with Crippen molar-refractivity contribution in [3.8, 4) is 16.8 Å². The summed E-state index contributed by atoms with van der Waals surface area (Å²) in [5, 5.41) is 16.7. The van der Waals surface area contributed by atoms with Gasteiger partial charge in [-0.05, 0) is 67.3 Å². The molecule has 0 saturated carbocycles. The van der Waals surface area contributed by atoms with Crippen LogP contribution in [-0.4, -0.2) is 53.2 Å². The molecule has 2 aromatic carbocycles. The first kappa shape index (κ1) is 32.8. The van der Waals surface area contributed by atoms with Crippen molar-refractivity contribution in [1.29, 1.82) is 0 Å². The summed E-state index contributed by atoms with van der Waals surface area (Å²) >= 11 is 1.67. The van der Waals surface area contributed by atoms with E-state index in [-0.39, 0.29) is 24.1 Å². The van der Waals surface area contributed by atoms with E-state index in [1.165, 1.54) is 11.1 Å². The molecule has 0 spiro atoms. The summed E-state index contributed by atoms with van der Waals surface area (Å²) in [6, 6.07) is 15.7. The Kier molecular flexibility index (Phi) is 9.06. The van der Waals surface area contributed by atoms with Gasteiger partial charge in [0, 0.05) is 36.8 Å². The number of amides is 3. The van der Waals surface area contributed by atoms with Gasteiger partial charge in [0.05, 0.1) is 23.2 Å². The van der Waals surface area contributed by atoms with Crippen molar-refractivity contribution < 1.29 is 19.1 Å². The number of benzene rings is 2. The second-order valence-corrected chi connectivity index (χ2v) is 14.2. The number of nitrogens with zero attached hydrogens (tertiary/aromatic N) is 6. The standard InChI is InChI=1S/C39H37N7O4S/c1-25-42-43-35-24-50-23-32-30(19-26-9-4-2-5-10-26)34(51-39(32)46(25)35)16-14-27-20-40-44(21-27)18-7-3-6-11-28-12-8-13-29-31(28)22-45(38(29)49)33-15-17-36(47)41-37(33)48/h2,4-5,8-10,12-13,20-21,33H,3,6-7,11,15,17-19,22-24H2,1H3,(H,41,47,48). The van der Waals surface area contributed by atoms with Gasteiger partial charge < -0.3 is 9.64 Å². The van der Waals surface area contributed by atoms with Crippen LogP contribution in [-0.2, 0) is 53.5 Å². The second kappa shape index (κ2) is 14.1. The second-order valence-electron chi connectivity index (χ2n) is 13.2. The number of hydrogen-bond acceptors (Lipinski definition) is 8. The third-order valence-corrected chi connectivity index (χ3v) is 11.0. The van der Waals surface area contributed by atoms with Gasteiger partial charge in [0.2, 0.25) is 11.8 Å². The van der Waals surface area contributed by atoms with Gasteiger partial charge in [0.15, 0.2) is 5.82 Å². The number of imide groups is 1. The lowest BCUT2D eigenvalue weighted by molar-refractivity contribution is -0.136. The Morgan fingerprint density at radius 3 is 2.73 bits per heavy atom. The fourth-order valence-corrected chi connectivity index (χ4v) is 8.49. The van der Waals surface area contributed by atoms with Crippen LogP contribution in [0, 0.1) is 18.8 Å². The summed E-state index contributed by atoms with van der Waals surface area (Å²) in [6.07, 6.45) is 9.01. The molecule has 3 aromatic heterocycles. The van der Waals surface area contributed by atoms with E-state index in [4.69, 9.17) is 4.74 Å². The largest absolute Gasteiger partial charge is 0.369 e. The lowest BCUT2D eigenvalue weighted by Gasteiger charge is -2.29. The molecule has 3 aliphatic rings. The third-order valence-electron chi connectivity index (χ3n) is 9.86. The first-order valence-electron chi connectivity index (χ1n) is 17.4. The van der Waals surface area contributed by atoms with Crippen molar-refractivity contribution in [2.45, 2.75) is 84.2 Å². The van der Waals surface area contributed by atoms with Gasteiger partial charge in [-0.1, -0.05) is 60.7 Å². The van der Waals surface area contributed by atoms with Crippen molar-refractivity contribution >= 4 is 29.1 Å². The van der Waals surface area contributed by atoms with E-state index in [2.05, 4.69) is 67.4 Å². The molecule has 12 heteroatoms. The van der Waals surface area contributed by atoms with Crippen molar-refractivity contribution in [1.82, 2.24) is 34.8 Å². The Morgan fingerprint density at radius 1 is 0.980 bits per heavy atom. The minimum absolute atomic E-state index is 0.130. The number of rotatable bonds is 9. The van der Waals surface area contributed by atoms with Gasteiger partial charge in [-0.25, -0.2) is 0 Å². The molecule has 0 radical (unpaired) electrons. The molecule has 3 amide bonds. The van der Waals surface area contributed by atoms with E-state index >= 15 is 0 Å².